The molecule has 0 aliphatic rings. The van der Waals surface area contributed by atoms with Crippen LogP contribution in [0.1, 0.15) is 39.5 Å². The minimum absolute atomic E-state index is 0.0726. The smallest absolute Gasteiger partial charge is 0.219 e. The lowest BCUT2D eigenvalue weighted by Crippen LogP contribution is -2.23. The van der Waals surface area contributed by atoms with Crippen molar-refractivity contribution in [3.63, 3.8) is 0 Å². The van der Waals surface area contributed by atoms with Crippen LogP contribution in [0.3, 0.4) is 0 Å². The highest BCUT2D eigenvalue weighted by molar-refractivity contribution is 5.76. The van der Waals surface area contributed by atoms with Crippen molar-refractivity contribution in [1.82, 2.24) is 10.6 Å². The van der Waals surface area contributed by atoms with Crippen molar-refractivity contribution in [3.8, 4) is 0 Å². The zero-order chi connectivity index (χ0) is 10.8. The molecule has 2 amide bonds. The van der Waals surface area contributed by atoms with Gasteiger partial charge in [0.05, 0.1) is 0 Å². The van der Waals surface area contributed by atoms with Gasteiger partial charge in [-0.05, 0) is 26.7 Å². The van der Waals surface area contributed by atoms with Crippen LogP contribution in [0.15, 0.2) is 0 Å². The molecule has 82 valence electrons. The van der Waals surface area contributed by atoms with E-state index in [1.165, 1.54) is 0 Å². The van der Waals surface area contributed by atoms with Gasteiger partial charge in [-0.3, -0.25) is 9.59 Å². The van der Waals surface area contributed by atoms with E-state index in [-0.39, 0.29) is 11.8 Å². The van der Waals surface area contributed by atoms with Crippen molar-refractivity contribution in [2.45, 2.75) is 39.5 Å². The molecular formula is C10H20N2O2. The second-order valence-electron chi connectivity index (χ2n) is 3.11. The van der Waals surface area contributed by atoms with Gasteiger partial charge < -0.3 is 10.6 Å². The Kier molecular flexibility index (Phi) is 7.89. The van der Waals surface area contributed by atoms with Gasteiger partial charge in [0.2, 0.25) is 11.8 Å². The molecule has 0 radical (unpaired) electrons. The predicted octanol–water partition coefficient (Wildman–Crippen LogP) is 0.819. The second kappa shape index (κ2) is 8.53. The maximum atomic E-state index is 11.0. The SMILES string of the molecule is CCNC(=O)CCCCC(=O)NCC. The van der Waals surface area contributed by atoms with Crippen LogP contribution >= 0.6 is 0 Å². The minimum Gasteiger partial charge on any atom is -0.356 e. The molecule has 0 fully saturated rings. The number of rotatable bonds is 7. The zero-order valence-electron chi connectivity index (χ0n) is 9.06. The highest BCUT2D eigenvalue weighted by atomic mass is 16.2. The molecule has 0 heterocycles. The normalized spacial score (nSPS) is 9.57. The predicted molar refractivity (Wildman–Crippen MR) is 55.8 cm³/mol. The Bertz CT molecular complexity index is 161. The van der Waals surface area contributed by atoms with Crippen LogP contribution in [0.2, 0.25) is 0 Å². The molecule has 0 atom stereocenters. The lowest BCUT2D eigenvalue weighted by atomic mass is 10.2. The summed E-state index contributed by atoms with van der Waals surface area (Å²) in [5.74, 6) is 0.145. The zero-order valence-corrected chi connectivity index (χ0v) is 9.06. The molecule has 0 spiro atoms. The molecule has 4 nitrogen and oxygen atoms in total. The Balaban J connectivity index is 3.28. The summed E-state index contributed by atoms with van der Waals surface area (Å²) in [6.07, 6.45) is 2.60. The monoisotopic (exact) mass is 200 g/mol. The summed E-state index contributed by atoms with van der Waals surface area (Å²) in [6, 6.07) is 0. The van der Waals surface area contributed by atoms with Crippen LogP contribution in [0.5, 0.6) is 0 Å². The fraction of sp³-hybridized carbons (Fsp3) is 0.800. The molecule has 0 aromatic rings. The molecule has 0 unspecified atom stereocenters. The van der Waals surface area contributed by atoms with Gasteiger partial charge in [0.25, 0.3) is 0 Å². The van der Waals surface area contributed by atoms with E-state index in [4.69, 9.17) is 0 Å². The van der Waals surface area contributed by atoms with Gasteiger partial charge >= 0.3 is 0 Å². The van der Waals surface area contributed by atoms with Crippen LogP contribution in [0, 0.1) is 0 Å². The molecule has 0 rings (SSSR count). The Labute approximate surface area is 85.4 Å². The molecule has 0 saturated carbocycles. The summed E-state index contributed by atoms with van der Waals surface area (Å²) >= 11 is 0. The number of carbonyl (C=O) groups is 2. The van der Waals surface area contributed by atoms with E-state index in [0.29, 0.717) is 25.9 Å². The first-order chi connectivity index (χ1) is 6.70. The summed E-state index contributed by atoms with van der Waals surface area (Å²) in [5, 5.41) is 5.44. The first kappa shape index (κ1) is 12.9. The summed E-state index contributed by atoms with van der Waals surface area (Å²) in [5.41, 5.74) is 0. The van der Waals surface area contributed by atoms with E-state index in [1.54, 1.807) is 0 Å². The molecule has 0 aliphatic heterocycles. The largest absolute Gasteiger partial charge is 0.356 e. The average molecular weight is 200 g/mol. The molecule has 0 aliphatic carbocycles. The highest BCUT2D eigenvalue weighted by Crippen LogP contribution is 1.99. The molecule has 4 heteroatoms. The highest BCUT2D eigenvalue weighted by Gasteiger charge is 2.01. The third-order valence-electron chi connectivity index (χ3n) is 1.81. The van der Waals surface area contributed by atoms with Crippen LogP contribution in [0.4, 0.5) is 0 Å². The third kappa shape index (κ3) is 7.58. The molecule has 0 aromatic heterocycles. The molecule has 0 aromatic carbocycles. The van der Waals surface area contributed by atoms with Crippen molar-refractivity contribution in [3.05, 3.63) is 0 Å². The lowest BCUT2D eigenvalue weighted by Gasteiger charge is -2.02. The molecule has 0 saturated heterocycles. The Morgan fingerprint density at radius 3 is 1.50 bits per heavy atom. The molecular weight excluding hydrogens is 180 g/mol. The Morgan fingerprint density at radius 1 is 0.857 bits per heavy atom. The first-order valence-electron chi connectivity index (χ1n) is 5.24. The standard InChI is InChI=1S/C10H20N2O2/c1-3-11-9(13)7-5-6-8-10(14)12-4-2/h3-8H2,1-2H3,(H,11,13)(H,12,14). The lowest BCUT2D eigenvalue weighted by molar-refractivity contribution is -0.122. The third-order valence-corrected chi connectivity index (χ3v) is 1.81. The van der Waals surface area contributed by atoms with E-state index in [1.807, 2.05) is 13.8 Å². The van der Waals surface area contributed by atoms with Crippen molar-refractivity contribution >= 4 is 11.8 Å². The Morgan fingerprint density at radius 2 is 1.21 bits per heavy atom. The number of hydrogen-bond acceptors (Lipinski definition) is 2. The summed E-state index contributed by atoms with van der Waals surface area (Å²) in [7, 11) is 0. The molecule has 14 heavy (non-hydrogen) atoms. The number of hydrogen-bond donors (Lipinski definition) is 2. The first-order valence-corrected chi connectivity index (χ1v) is 5.24. The van der Waals surface area contributed by atoms with Crippen LogP contribution < -0.4 is 10.6 Å². The minimum atomic E-state index is 0.0726. The van der Waals surface area contributed by atoms with E-state index < -0.39 is 0 Å². The van der Waals surface area contributed by atoms with E-state index in [9.17, 15) is 9.59 Å². The Hall–Kier alpha value is -1.06. The van der Waals surface area contributed by atoms with Gasteiger partial charge in [0.15, 0.2) is 0 Å². The van der Waals surface area contributed by atoms with Gasteiger partial charge in [-0.25, -0.2) is 0 Å². The van der Waals surface area contributed by atoms with Crippen LogP contribution in [0.25, 0.3) is 0 Å². The van der Waals surface area contributed by atoms with E-state index in [0.717, 1.165) is 12.8 Å². The van der Waals surface area contributed by atoms with Gasteiger partial charge in [-0.2, -0.15) is 0 Å². The summed E-state index contributed by atoms with van der Waals surface area (Å²) in [4.78, 5) is 22.0. The average Bonchev–Trinajstić information content (AvgIpc) is 2.13. The van der Waals surface area contributed by atoms with E-state index >= 15 is 0 Å². The molecule has 2 N–H and O–H groups in total. The summed E-state index contributed by atoms with van der Waals surface area (Å²) < 4.78 is 0. The quantitative estimate of drug-likeness (QED) is 0.598. The van der Waals surface area contributed by atoms with Crippen molar-refractivity contribution in [1.29, 1.82) is 0 Å². The topological polar surface area (TPSA) is 58.2 Å². The van der Waals surface area contributed by atoms with E-state index in [2.05, 4.69) is 10.6 Å². The maximum Gasteiger partial charge on any atom is 0.219 e. The van der Waals surface area contributed by atoms with Crippen molar-refractivity contribution in [2.75, 3.05) is 13.1 Å². The number of nitrogens with one attached hydrogen (secondary N) is 2. The summed E-state index contributed by atoms with van der Waals surface area (Å²) in [6.45, 7) is 5.14. The van der Waals surface area contributed by atoms with Gasteiger partial charge in [0, 0.05) is 25.9 Å². The maximum absolute atomic E-state index is 11.0. The van der Waals surface area contributed by atoms with Crippen LogP contribution in [-0.2, 0) is 9.59 Å². The fourth-order valence-corrected chi connectivity index (χ4v) is 1.14. The van der Waals surface area contributed by atoms with Crippen molar-refractivity contribution in [2.24, 2.45) is 0 Å². The number of carbonyl (C=O) groups excluding carboxylic acids is 2. The molecule has 0 bridgehead atoms. The number of amides is 2. The fourth-order valence-electron chi connectivity index (χ4n) is 1.14. The van der Waals surface area contributed by atoms with Gasteiger partial charge in [0.1, 0.15) is 0 Å². The second-order valence-corrected chi connectivity index (χ2v) is 3.11. The van der Waals surface area contributed by atoms with Gasteiger partial charge in [-0.1, -0.05) is 0 Å². The number of unbranched alkanes of at least 4 members (excludes halogenated alkanes) is 1. The van der Waals surface area contributed by atoms with Gasteiger partial charge in [-0.15, -0.1) is 0 Å². The van der Waals surface area contributed by atoms with Crippen LogP contribution in [-0.4, -0.2) is 24.9 Å². The van der Waals surface area contributed by atoms with Crippen molar-refractivity contribution < 1.29 is 9.59 Å².